The predicted molar refractivity (Wildman–Crippen MR) is 111 cm³/mol. The van der Waals surface area contributed by atoms with E-state index in [0.29, 0.717) is 33.8 Å². The first-order chi connectivity index (χ1) is 14.4. The van der Waals surface area contributed by atoms with E-state index in [1.807, 2.05) is 13.8 Å². The second-order valence-corrected chi connectivity index (χ2v) is 7.34. The van der Waals surface area contributed by atoms with E-state index in [-0.39, 0.29) is 23.2 Å². The second kappa shape index (κ2) is 7.90. The van der Waals surface area contributed by atoms with Crippen LogP contribution in [0.4, 0.5) is 4.39 Å². The Labute approximate surface area is 171 Å². The molecule has 3 aromatic heterocycles. The van der Waals surface area contributed by atoms with Gasteiger partial charge in [0.2, 0.25) is 0 Å². The molecule has 4 rings (SSSR count). The van der Waals surface area contributed by atoms with Crippen molar-refractivity contribution >= 4 is 16.8 Å². The SMILES string of the molecule is CC(C)[C@H](NC(=O)c1cc2cc(F)ccc2[nH]1)c1cc(=O)[nH]c(-c2ccccn2)n1. The van der Waals surface area contributed by atoms with Crippen LogP contribution in [0.3, 0.4) is 0 Å². The number of carbonyl (C=O) groups is 1. The van der Waals surface area contributed by atoms with Gasteiger partial charge in [-0.15, -0.1) is 0 Å². The van der Waals surface area contributed by atoms with Crippen molar-refractivity contribution in [1.82, 2.24) is 25.3 Å². The van der Waals surface area contributed by atoms with Crippen LogP contribution in [0.15, 0.2) is 59.5 Å². The molecule has 0 aliphatic heterocycles. The quantitative estimate of drug-likeness (QED) is 0.472. The summed E-state index contributed by atoms with van der Waals surface area (Å²) < 4.78 is 13.4. The third kappa shape index (κ3) is 3.98. The molecule has 0 spiro atoms. The number of hydrogen-bond acceptors (Lipinski definition) is 4. The molecule has 152 valence electrons. The second-order valence-electron chi connectivity index (χ2n) is 7.34. The molecule has 0 aliphatic carbocycles. The number of nitrogens with one attached hydrogen (secondary N) is 3. The Morgan fingerprint density at radius 1 is 1.10 bits per heavy atom. The molecule has 0 fully saturated rings. The summed E-state index contributed by atoms with van der Waals surface area (Å²) in [6, 6.07) is 12.0. The van der Waals surface area contributed by atoms with Crippen molar-refractivity contribution in [3.05, 3.63) is 82.3 Å². The lowest BCUT2D eigenvalue weighted by atomic mass is 10.00. The van der Waals surface area contributed by atoms with E-state index in [1.165, 1.54) is 18.2 Å². The Hall–Kier alpha value is -3.81. The van der Waals surface area contributed by atoms with Crippen molar-refractivity contribution in [2.24, 2.45) is 5.92 Å². The highest BCUT2D eigenvalue weighted by atomic mass is 19.1. The van der Waals surface area contributed by atoms with E-state index in [4.69, 9.17) is 0 Å². The summed E-state index contributed by atoms with van der Waals surface area (Å²) in [4.78, 5) is 39.5. The number of fused-ring (bicyclic) bond motifs is 1. The highest BCUT2D eigenvalue weighted by molar-refractivity contribution is 5.98. The van der Waals surface area contributed by atoms with Gasteiger partial charge in [-0.1, -0.05) is 19.9 Å². The highest BCUT2D eigenvalue weighted by Gasteiger charge is 2.23. The van der Waals surface area contributed by atoms with E-state index in [9.17, 15) is 14.0 Å². The molecule has 1 aromatic carbocycles. The van der Waals surface area contributed by atoms with Gasteiger partial charge >= 0.3 is 0 Å². The Kier molecular flexibility index (Phi) is 5.14. The van der Waals surface area contributed by atoms with E-state index >= 15 is 0 Å². The van der Waals surface area contributed by atoms with Gasteiger partial charge in [-0.05, 0) is 42.3 Å². The van der Waals surface area contributed by atoms with Gasteiger partial charge in [-0.3, -0.25) is 14.6 Å². The first-order valence-corrected chi connectivity index (χ1v) is 9.52. The molecule has 0 unspecified atom stereocenters. The van der Waals surface area contributed by atoms with Crippen LogP contribution in [0, 0.1) is 11.7 Å². The van der Waals surface area contributed by atoms with E-state index in [0.717, 1.165) is 0 Å². The summed E-state index contributed by atoms with van der Waals surface area (Å²) in [7, 11) is 0. The lowest BCUT2D eigenvalue weighted by Crippen LogP contribution is -2.33. The fourth-order valence-electron chi connectivity index (χ4n) is 3.29. The number of rotatable bonds is 5. The molecule has 1 amide bonds. The molecule has 1 atom stereocenters. The first-order valence-electron chi connectivity index (χ1n) is 9.52. The average molecular weight is 405 g/mol. The van der Waals surface area contributed by atoms with Gasteiger partial charge in [0.15, 0.2) is 5.82 Å². The van der Waals surface area contributed by atoms with E-state index in [2.05, 4.69) is 25.3 Å². The van der Waals surface area contributed by atoms with Crippen LogP contribution in [-0.4, -0.2) is 25.8 Å². The monoisotopic (exact) mass is 405 g/mol. The summed E-state index contributed by atoms with van der Waals surface area (Å²) in [6.45, 7) is 3.85. The summed E-state index contributed by atoms with van der Waals surface area (Å²) in [5.41, 5.74) is 1.60. The molecule has 0 bridgehead atoms. The zero-order valence-electron chi connectivity index (χ0n) is 16.4. The molecular formula is C22H20FN5O2. The van der Waals surface area contributed by atoms with Gasteiger partial charge in [-0.2, -0.15) is 0 Å². The minimum atomic E-state index is -0.509. The number of hydrogen-bond donors (Lipinski definition) is 3. The van der Waals surface area contributed by atoms with Crippen molar-refractivity contribution in [3.63, 3.8) is 0 Å². The Bertz CT molecular complexity index is 1260. The summed E-state index contributed by atoms with van der Waals surface area (Å²) >= 11 is 0. The number of aromatic amines is 2. The lowest BCUT2D eigenvalue weighted by Gasteiger charge is -2.22. The summed E-state index contributed by atoms with van der Waals surface area (Å²) in [6.07, 6.45) is 1.61. The largest absolute Gasteiger partial charge is 0.351 e. The van der Waals surface area contributed by atoms with Crippen LogP contribution in [0.5, 0.6) is 0 Å². The number of carbonyl (C=O) groups excluding carboxylic acids is 1. The standard InChI is InChI=1S/C22H20FN5O2/c1-12(2)20(17-11-19(29)27-21(26-17)16-5-3-4-8-24-16)28-22(30)18-10-13-9-14(23)6-7-15(13)25-18/h3-12,20,25H,1-2H3,(H,28,30)(H,26,27,29)/t20-/m0/s1. The maximum absolute atomic E-state index is 13.4. The van der Waals surface area contributed by atoms with Crippen molar-refractivity contribution < 1.29 is 9.18 Å². The molecule has 3 heterocycles. The molecule has 3 N–H and O–H groups in total. The summed E-state index contributed by atoms with van der Waals surface area (Å²) in [5.74, 6) is -0.448. The number of benzene rings is 1. The number of amides is 1. The predicted octanol–water partition coefficient (Wildman–Crippen LogP) is 3.58. The topological polar surface area (TPSA) is 104 Å². The molecule has 30 heavy (non-hydrogen) atoms. The van der Waals surface area contributed by atoms with Gasteiger partial charge < -0.3 is 15.3 Å². The number of nitrogens with zero attached hydrogens (tertiary/aromatic N) is 2. The maximum atomic E-state index is 13.4. The number of pyridine rings is 1. The number of aromatic nitrogens is 4. The zero-order chi connectivity index (χ0) is 21.3. The van der Waals surface area contributed by atoms with Crippen molar-refractivity contribution in [2.75, 3.05) is 0 Å². The van der Waals surface area contributed by atoms with Crippen LogP contribution in [0.1, 0.15) is 36.1 Å². The molecule has 4 aromatic rings. The Morgan fingerprint density at radius 2 is 1.93 bits per heavy atom. The van der Waals surface area contributed by atoms with Crippen LogP contribution in [0.2, 0.25) is 0 Å². The van der Waals surface area contributed by atoms with Crippen molar-refractivity contribution in [2.45, 2.75) is 19.9 Å². The summed E-state index contributed by atoms with van der Waals surface area (Å²) in [5, 5.41) is 3.54. The average Bonchev–Trinajstić information content (AvgIpc) is 3.15. The third-order valence-electron chi connectivity index (χ3n) is 4.77. The fraction of sp³-hybridized carbons (Fsp3) is 0.182. The molecule has 8 heteroatoms. The van der Waals surface area contributed by atoms with Crippen LogP contribution in [0.25, 0.3) is 22.4 Å². The molecule has 7 nitrogen and oxygen atoms in total. The van der Waals surface area contributed by atoms with E-state index in [1.54, 1.807) is 36.5 Å². The zero-order valence-corrected chi connectivity index (χ0v) is 16.4. The Morgan fingerprint density at radius 3 is 2.67 bits per heavy atom. The minimum absolute atomic E-state index is 0.0401. The van der Waals surface area contributed by atoms with Crippen LogP contribution in [-0.2, 0) is 0 Å². The van der Waals surface area contributed by atoms with Gasteiger partial charge in [-0.25, -0.2) is 9.37 Å². The third-order valence-corrected chi connectivity index (χ3v) is 4.77. The smallest absolute Gasteiger partial charge is 0.268 e. The van der Waals surface area contributed by atoms with Gasteiger partial charge in [0.1, 0.15) is 17.2 Å². The fourth-order valence-corrected chi connectivity index (χ4v) is 3.29. The number of H-pyrrole nitrogens is 2. The maximum Gasteiger partial charge on any atom is 0.268 e. The van der Waals surface area contributed by atoms with Crippen LogP contribution >= 0.6 is 0 Å². The molecular weight excluding hydrogens is 385 g/mol. The van der Waals surface area contributed by atoms with Crippen molar-refractivity contribution in [1.29, 1.82) is 0 Å². The van der Waals surface area contributed by atoms with E-state index < -0.39 is 6.04 Å². The normalized spacial score (nSPS) is 12.3. The molecule has 0 aliphatic rings. The minimum Gasteiger partial charge on any atom is -0.351 e. The molecule has 0 saturated carbocycles. The van der Waals surface area contributed by atoms with Gasteiger partial charge in [0.05, 0.1) is 11.7 Å². The van der Waals surface area contributed by atoms with Crippen molar-refractivity contribution in [3.8, 4) is 11.5 Å². The first kappa shape index (κ1) is 19.5. The molecule has 0 saturated heterocycles. The lowest BCUT2D eigenvalue weighted by molar-refractivity contribution is 0.0920. The van der Waals surface area contributed by atoms with Crippen LogP contribution < -0.4 is 10.9 Å². The highest BCUT2D eigenvalue weighted by Crippen LogP contribution is 2.22. The number of halogens is 1. The van der Waals surface area contributed by atoms with Gasteiger partial charge in [0, 0.05) is 23.2 Å². The van der Waals surface area contributed by atoms with Gasteiger partial charge in [0.25, 0.3) is 11.5 Å². The molecule has 0 radical (unpaired) electrons. The Balaban J connectivity index is 1.66.